The quantitative estimate of drug-likeness (QED) is 0.809. The summed E-state index contributed by atoms with van der Waals surface area (Å²) in [5.74, 6) is -0.0848. The third kappa shape index (κ3) is 3.52. The first kappa shape index (κ1) is 18.9. The molecule has 1 fully saturated rings. The molecule has 1 N–H and O–H groups in total. The van der Waals surface area contributed by atoms with Crippen LogP contribution in [0, 0.1) is 32.1 Å². The van der Waals surface area contributed by atoms with Crippen molar-refractivity contribution in [2.75, 3.05) is 0 Å². The molecule has 0 aliphatic heterocycles. The van der Waals surface area contributed by atoms with E-state index in [1.54, 1.807) is 13.1 Å². The second kappa shape index (κ2) is 7.79. The fourth-order valence-corrected chi connectivity index (χ4v) is 3.91. The van der Waals surface area contributed by atoms with Crippen LogP contribution in [0.5, 0.6) is 5.88 Å². The van der Waals surface area contributed by atoms with Crippen LogP contribution in [0.2, 0.25) is 0 Å². The van der Waals surface area contributed by atoms with Crippen molar-refractivity contribution < 1.29 is 5.11 Å². The molecule has 1 aromatic carbocycles. The number of pyridine rings is 1. The van der Waals surface area contributed by atoms with Crippen molar-refractivity contribution in [2.45, 2.75) is 58.9 Å². The van der Waals surface area contributed by atoms with E-state index in [-0.39, 0.29) is 17.5 Å². The number of aromatic hydroxyl groups is 1. The number of nitriles is 1. The van der Waals surface area contributed by atoms with Crippen molar-refractivity contribution in [1.29, 1.82) is 5.26 Å². The average molecular weight is 363 g/mol. The molecule has 140 valence electrons. The number of aryl methyl sites for hydroxylation is 2. The minimum atomic E-state index is -0.399. The van der Waals surface area contributed by atoms with Crippen molar-refractivity contribution in [2.24, 2.45) is 4.99 Å². The van der Waals surface area contributed by atoms with Crippen molar-refractivity contribution >= 4 is 11.9 Å². The number of rotatable bonds is 3. The van der Waals surface area contributed by atoms with Gasteiger partial charge in [-0.25, -0.2) is 0 Å². The van der Waals surface area contributed by atoms with Gasteiger partial charge in [0.1, 0.15) is 11.6 Å². The minimum absolute atomic E-state index is 0.0636. The second-order valence-corrected chi connectivity index (χ2v) is 7.31. The van der Waals surface area contributed by atoms with E-state index in [0.29, 0.717) is 11.1 Å². The predicted molar refractivity (Wildman–Crippen MR) is 107 cm³/mol. The zero-order valence-electron chi connectivity index (χ0n) is 16.1. The predicted octanol–water partition coefficient (Wildman–Crippen LogP) is 4.61. The SMILES string of the molecule is Cc1cccc(C)c1N=Cc1c(C)c(C#N)c(=O)n(C2CCCCC2)c1O. The third-order valence-corrected chi connectivity index (χ3v) is 5.49. The molecule has 0 radical (unpaired) electrons. The molecular formula is C22H25N3O2. The molecule has 1 heterocycles. The van der Waals surface area contributed by atoms with Crippen LogP contribution in [-0.4, -0.2) is 15.9 Å². The first-order chi connectivity index (χ1) is 13.0. The van der Waals surface area contributed by atoms with E-state index in [4.69, 9.17) is 0 Å². The van der Waals surface area contributed by atoms with E-state index in [9.17, 15) is 15.2 Å². The molecule has 1 aliphatic rings. The van der Waals surface area contributed by atoms with Crippen LogP contribution in [0.25, 0.3) is 0 Å². The van der Waals surface area contributed by atoms with Gasteiger partial charge in [-0.05, 0) is 50.3 Å². The Morgan fingerprint density at radius 1 is 1.19 bits per heavy atom. The van der Waals surface area contributed by atoms with Gasteiger partial charge in [-0.2, -0.15) is 5.26 Å². The maximum absolute atomic E-state index is 12.8. The number of nitrogens with zero attached hydrogens (tertiary/aromatic N) is 3. The lowest BCUT2D eigenvalue weighted by molar-refractivity contribution is 0.303. The van der Waals surface area contributed by atoms with E-state index in [1.165, 1.54) is 4.57 Å². The summed E-state index contributed by atoms with van der Waals surface area (Å²) in [6.07, 6.45) is 6.46. The molecule has 5 nitrogen and oxygen atoms in total. The van der Waals surface area contributed by atoms with Crippen molar-refractivity contribution in [3.8, 4) is 11.9 Å². The van der Waals surface area contributed by atoms with Gasteiger partial charge < -0.3 is 5.11 Å². The summed E-state index contributed by atoms with van der Waals surface area (Å²) in [6.45, 7) is 5.66. The summed E-state index contributed by atoms with van der Waals surface area (Å²) in [7, 11) is 0. The smallest absolute Gasteiger partial charge is 0.271 e. The van der Waals surface area contributed by atoms with Crippen molar-refractivity contribution in [3.05, 3.63) is 56.4 Å². The van der Waals surface area contributed by atoms with Crippen LogP contribution in [0.15, 0.2) is 28.0 Å². The molecule has 0 bridgehead atoms. The molecule has 0 spiro atoms. The summed E-state index contributed by atoms with van der Waals surface area (Å²) in [4.78, 5) is 17.4. The van der Waals surface area contributed by atoms with Gasteiger partial charge >= 0.3 is 0 Å². The summed E-state index contributed by atoms with van der Waals surface area (Å²) < 4.78 is 1.41. The molecule has 1 saturated carbocycles. The molecule has 2 aromatic rings. The highest BCUT2D eigenvalue weighted by molar-refractivity contribution is 5.88. The number of aromatic nitrogens is 1. The van der Waals surface area contributed by atoms with E-state index in [0.717, 1.165) is 48.9 Å². The van der Waals surface area contributed by atoms with E-state index < -0.39 is 5.56 Å². The second-order valence-electron chi connectivity index (χ2n) is 7.31. The Morgan fingerprint density at radius 3 is 2.41 bits per heavy atom. The topological polar surface area (TPSA) is 78.4 Å². The fourth-order valence-electron chi connectivity index (χ4n) is 3.91. The zero-order chi connectivity index (χ0) is 19.6. The molecule has 1 aliphatic carbocycles. The highest BCUT2D eigenvalue weighted by Gasteiger charge is 2.24. The highest BCUT2D eigenvalue weighted by Crippen LogP contribution is 2.32. The lowest BCUT2D eigenvalue weighted by atomic mass is 9.94. The molecule has 1 aromatic heterocycles. The monoisotopic (exact) mass is 363 g/mol. The van der Waals surface area contributed by atoms with Gasteiger partial charge in [-0.3, -0.25) is 14.4 Å². The van der Waals surface area contributed by atoms with Gasteiger partial charge in [-0.1, -0.05) is 37.5 Å². The molecule has 0 atom stereocenters. The van der Waals surface area contributed by atoms with Gasteiger partial charge in [0.05, 0.1) is 11.3 Å². The molecule has 5 heteroatoms. The lowest BCUT2D eigenvalue weighted by Gasteiger charge is -2.26. The van der Waals surface area contributed by atoms with E-state index >= 15 is 0 Å². The lowest BCUT2D eigenvalue weighted by Crippen LogP contribution is -2.30. The highest BCUT2D eigenvalue weighted by atomic mass is 16.3. The molecule has 0 amide bonds. The Bertz CT molecular complexity index is 970. The molecular weight excluding hydrogens is 338 g/mol. The van der Waals surface area contributed by atoms with E-state index in [1.807, 2.05) is 38.1 Å². The summed E-state index contributed by atoms with van der Waals surface area (Å²) >= 11 is 0. The van der Waals surface area contributed by atoms with Gasteiger partial charge in [0.25, 0.3) is 5.56 Å². The summed E-state index contributed by atoms with van der Waals surface area (Å²) in [5.41, 5.74) is 3.51. The first-order valence-corrected chi connectivity index (χ1v) is 9.44. The Balaban J connectivity index is 2.16. The molecule has 3 rings (SSSR count). The maximum atomic E-state index is 12.8. The van der Waals surface area contributed by atoms with Crippen LogP contribution in [0.3, 0.4) is 0 Å². The van der Waals surface area contributed by atoms with E-state index in [2.05, 4.69) is 4.99 Å². The molecule has 0 saturated heterocycles. The molecule has 0 unspecified atom stereocenters. The number of para-hydroxylation sites is 1. The van der Waals surface area contributed by atoms with Crippen LogP contribution in [0.4, 0.5) is 5.69 Å². The largest absolute Gasteiger partial charge is 0.494 e. The van der Waals surface area contributed by atoms with Gasteiger partial charge in [0.2, 0.25) is 5.88 Å². The number of hydrogen-bond donors (Lipinski definition) is 1. The standard InChI is InChI=1S/C22H25N3O2/c1-14-8-7-9-15(2)20(14)24-13-19-16(3)18(12-23)21(26)25(22(19)27)17-10-5-4-6-11-17/h7-9,13,17,27H,4-6,10-11H2,1-3H3. The van der Waals surface area contributed by atoms with Gasteiger partial charge in [-0.15, -0.1) is 0 Å². The van der Waals surface area contributed by atoms with Crippen molar-refractivity contribution in [3.63, 3.8) is 0 Å². The maximum Gasteiger partial charge on any atom is 0.271 e. The first-order valence-electron chi connectivity index (χ1n) is 9.44. The zero-order valence-corrected chi connectivity index (χ0v) is 16.1. The van der Waals surface area contributed by atoms with Gasteiger partial charge in [0.15, 0.2) is 0 Å². The normalized spacial score (nSPS) is 15.2. The van der Waals surface area contributed by atoms with Crippen LogP contribution in [-0.2, 0) is 0 Å². The number of hydrogen-bond acceptors (Lipinski definition) is 4. The van der Waals surface area contributed by atoms with Gasteiger partial charge in [0, 0.05) is 12.3 Å². The Labute approximate surface area is 159 Å². The van der Waals surface area contributed by atoms with Crippen LogP contribution < -0.4 is 5.56 Å². The Hall–Kier alpha value is -2.87. The van der Waals surface area contributed by atoms with Crippen LogP contribution in [0.1, 0.15) is 66.0 Å². The summed E-state index contributed by atoms with van der Waals surface area (Å²) in [6, 6.07) is 7.90. The van der Waals surface area contributed by atoms with Crippen molar-refractivity contribution in [1.82, 2.24) is 4.57 Å². The number of benzene rings is 1. The Morgan fingerprint density at radius 2 is 1.81 bits per heavy atom. The fraction of sp³-hybridized carbons (Fsp3) is 0.409. The average Bonchev–Trinajstić information content (AvgIpc) is 2.65. The number of aliphatic imine (C=N–C) groups is 1. The Kier molecular flexibility index (Phi) is 5.46. The van der Waals surface area contributed by atoms with Crippen LogP contribution >= 0.6 is 0 Å². The summed E-state index contributed by atoms with van der Waals surface area (Å²) in [5, 5.41) is 20.4. The minimum Gasteiger partial charge on any atom is -0.494 e. The third-order valence-electron chi connectivity index (χ3n) is 5.49. The molecule has 27 heavy (non-hydrogen) atoms.